The summed E-state index contributed by atoms with van der Waals surface area (Å²) in [5, 5.41) is 2.80. The number of ether oxygens (including phenoxy) is 4. The number of carbonyl (C=O) groups excluding carboxylic acids is 3. The Bertz CT molecular complexity index is 1240. The van der Waals surface area contributed by atoms with E-state index in [1.54, 1.807) is 73.8 Å². The third-order valence-corrected chi connectivity index (χ3v) is 6.09. The fourth-order valence-electron chi connectivity index (χ4n) is 3.31. The number of hydrogen-bond acceptors (Lipinski definition) is 8. The highest BCUT2D eigenvalue weighted by Gasteiger charge is 2.18. The molecular weight excluding hydrogens is 470 g/mol. The number of rotatable bonds is 9. The lowest BCUT2D eigenvalue weighted by atomic mass is 10.1. The van der Waals surface area contributed by atoms with Crippen molar-refractivity contribution in [2.45, 2.75) is 4.90 Å². The zero-order valence-corrected chi connectivity index (χ0v) is 19.8. The molecule has 0 aromatic heterocycles. The van der Waals surface area contributed by atoms with Crippen molar-refractivity contribution in [1.29, 1.82) is 0 Å². The summed E-state index contributed by atoms with van der Waals surface area (Å²) in [6, 6.07) is 18.7. The molecule has 0 bridgehead atoms. The van der Waals surface area contributed by atoms with Crippen LogP contribution in [0.2, 0.25) is 0 Å². The van der Waals surface area contributed by atoms with E-state index >= 15 is 0 Å². The van der Waals surface area contributed by atoms with Crippen LogP contribution in [0.3, 0.4) is 0 Å². The van der Waals surface area contributed by atoms with Crippen LogP contribution in [-0.4, -0.2) is 50.3 Å². The Hall–Kier alpha value is -3.98. The molecule has 0 unspecified atom stereocenters. The monoisotopic (exact) mass is 493 g/mol. The second kappa shape index (κ2) is 11.4. The lowest BCUT2D eigenvalue weighted by Crippen LogP contribution is -2.18. The van der Waals surface area contributed by atoms with Gasteiger partial charge in [-0.2, -0.15) is 0 Å². The summed E-state index contributed by atoms with van der Waals surface area (Å²) >= 11 is 1.20. The van der Waals surface area contributed by atoms with E-state index < -0.39 is 12.6 Å². The molecule has 0 saturated heterocycles. The summed E-state index contributed by atoms with van der Waals surface area (Å²) < 4.78 is 21.4. The lowest BCUT2D eigenvalue weighted by Gasteiger charge is -2.18. The maximum Gasteiger partial charge on any atom is 0.339 e. The first-order chi connectivity index (χ1) is 17.0. The van der Waals surface area contributed by atoms with Crippen LogP contribution in [0.4, 0.5) is 5.69 Å². The number of fused-ring (bicyclic) bond motifs is 1. The van der Waals surface area contributed by atoms with Crippen molar-refractivity contribution in [3.8, 4) is 17.2 Å². The minimum atomic E-state index is -0.646. The smallest absolute Gasteiger partial charge is 0.339 e. The fourth-order valence-corrected chi connectivity index (χ4v) is 4.15. The van der Waals surface area contributed by atoms with Crippen LogP contribution in [-0.2, 0) is 9.53 Å². The average molecular weight is 494 g/mol. The molecule has 0 fully saturated rings. The van der Waals surface area contributed by atoms with Gasteiger partial charge in [0.1, 0.15) is 19.0 Å². The topological polar surface area (TPSA) is 100 Å². The molecule has 1 heterocycles. The second-order valence-electron chi connectivity index (χ2n) is 7.42. The number of thioether (sulfide) groups is 1. The predicted molar refractivity (Wildman–Crippen MR) is 131 cm³/mol. The van der Waals surface area contributed by atoms with Gasteiger partial charge in [0, 0.05) is 22.2 Å². The van der Waals surface area contributed by atoms with Gasteiger partial charge in [0.2, 0.25) is 5.91 Å². The molecule has 4 rings (SSSR count). The minimum Gasteiger partial charge on any atom is -0.497 e. The van der Waals surface area contributed by atoms with E-state index in [2.05, 4.69) is 5.32 Å². The van der Waals surface area contributed by atoms with Crippen molar-refractivity contribution in [2.75, 3.05) is 38.0 Å². The molecule has 0 atom stereocenters. The first-order valence-electron chi connectivity index (χ1n) is 10.8. The molecule has 9 heteroatoms. The molecule has 1 N–H and O–H groups in total. The number of ketones is 1. The number of anilines is 1. The summed E-state index contributed by atoms with van der Waals surface area (Å²) in [6.07, 6.45) is 0. The van der Waals surface area contributed by atoms with Gasteiger partial charge in [-0.1, -0.05) is 18.2 Å². The summed E-state index contributed by atoms with van der Waals surface area (Å²) in [7, 11) is 1.55. The summed E-state index contributed by atoms with van der Waals surface area (Å²) in [4.78, 5) is 38.2. The highest BCUT2D eigenvalue weighted by Crippen LogP contribution is 2.31. The predicted octanol–water partition coefficient (Wildman–Crippen LogP) is 4.24. The van der Waals surface area contributed by atoms with Gasteiger partial charge in [0.05, 0.1) is 18.4 Å². The second-order valence-corrected chi connectivity index (χ2v) is 8.44. The number of esters is 1. The highest BCUT2D eigenvalue weighted by atomic mass is 32.2. The fraction of sp³-hybridized carbons (Fsp3) is 0.192. The van der Waals surface area contributed by atoms with E-state index in [0.29, 0.717) is 46.6 Å². The Kier molecular flexibility index (Phi) is 7.89. The Morgan fingerprint density at radius 2 is 1.74 bits per heavy atom. The normalized spacial score (nSPS) is 11.9. The number of methoxy groups -OCH3 is 1. The standard InChI is InChI=1S/C26H23NO7S/c1-31-19-6-4-5-18(14-19)27-25(29)16-35-24-8-3-2-7-20(24)26(30)34-15-21(28)17-9-10-22-23(13-17)33-12-11-32-22/h2-10,13-14H,11-12,15-16H2,1H3,(H,27,29). The van der Waals surface area contributed by atoms with Crippen molar-refractivity contribution < 1.29 is 33.3 Å². The Morgan fingerprint density at radius 1 is 0.943 bits per heavy atom. The summed E-state index contributed by atoms with van der Waals surface area (Å²) in [5.41, 5.74) is 1.25. The van der Waals surface area contributed by atoms with Gasteiger partial charge >= 0.3 is 5.97 Å². The molecule has 0 radical (unpaired) electrons. The minimum absolute atomic E-state index is 0.0810. The third-order valence-electron chi connectivity index (χ3n) is 5.02. The van der Waals surface area contributed by atoms with Crippen molar-refractivity contribution in [1.82, 2.24) is 0 Å². The van der Waals surface area contributed by atoms with E-state index in [4.69, 9.17) is 18.9 Å². The molecule has 0 spiro atoms. The van der Waals surface area contributed by atoms with Crippen LogP contribution < -0.4 is 19.5 Å². The van der Waals surface area contributed by atoms with Crippen molar-refractivity contribution >= 4 is 35.1 Å². The molecular formula is C26H23NO7S. The molecule has 180 valence electrons. The first-order valence-corrected chi connectivity index (χ1v) is 11.8. The van der Waals surface area contributed by atoms with Crippen molar-refractivity contribution in [2.24, 2.45) is 0 Å². The zero-order valence-electron chi connectivity index (χ0n) is 18.9. The van der Waals surface area contributed by atoms with Crippen LogP contribution in [0.15, 0.2) is 71.6 Å². The SMILES string of the molecule is COc1cccc(NC(=O)CSc2ccccc2C(=O)OCC(=O)c2ccc3c(c2)OCCO3)c1. The molecule has 0 aliphatic carbocycles. The third kappa shape index (κ3) is 6.33. The van der Waals surface area contributed by atoms with E-state index in [0.717, 1.165) is 0 Å². The summed E-state index contributed by atoms with van der Waals surface area (Å²) in [6.45, 7) is 0.442. The van der Waals surface area contributed by atoms with Crippen molar-refractivity contribution in [3.63, 3.8) is 0 Å². The van der Waals surface area contributed by atoms with Gasteiger partial charge in [0.15, 0.2) is 23.9 Å². The zero-order chi connectivity index (χ0) is 24.6. The van der Waals surface area contributed by atoms with E-state index in [1.165, 1.54) is 11.8 Å². The molecule has 3 aromatic carbocycles. The molecule has 35 heavy (non-hydrogen) atoms. The molecule has 1 amide bonds. The molecule has 0 saturated carbocycles. The summed E-state index contributed by atoms with van der Waals surface area (Å²) in [5.74, 6) is 0.533. The van der Waals surface area contributed by atoms with Gasteiger partial charge < -0.3 is 24.3 Å². The number of benzene rings is 3. The Labute approximate surface area is 206 Å². The van der Waals surface area contributed by atoms with E-state index in [9.17, 15) is 14.4 Å². The van der Waals surface area contributed by atoms with Crippen LogP contribution in [0, 0.1) is 0 Å². The Morgan fingerprint density at radius 3 is 2.57 bits per heavy atom. The number of nitrogens with one attached hydrogen (secondary N) is 1. The van der Waals surface area contributed by atoms with Gasteiger partial charge in [-0.05, 0) is 42.5 Å². The largest absolute Gasteiger partial charge is 0.497 e. The quantitative estimate of drug-likeness (QED) is 0.269. The first kappa shape index (κ1) is 24.2. The highest BCUT2D eigenvalue weighted by molar-refractivity contribution is 8.00. The van der Waals surface area contributed by atoms with E-state index in [-0.39, 0.29) is 23.0 Å². The number of carbonyl (C=O) groups is 3. The Balaban J connectivity index is 1.33. The maximum absolute atomic E-state index is 12.7. The molecule has 8 nitrogen and oxygen atoms in total. The lowest BCUT2D eigenvalue weighted by molar-refractivity contribution is -0.113. The molecule has 3 aromatic rings. The van der Waals surface area contributed by atoms with Crippen LogP contribution >= 0.6 is 11.8 Å². The number of Topliss-reactive ketones (excluding diaryl/α,β-unsaturated/α-hetero) is 1. The van der Waals surface area contributed by atoms with Crippen LogP contribution in [0.5, 0.6) is 17.2 Å². The molecule has 1 aliphatic heterocycles. The van der Waals surface area contributed by atoms with Gasteiger partial charge in [-0.25, -0.2) is 4.79 Å². The van der Waals surface area contributed by atoms with Gasteiger partial charge in [-0.15, -0.1) is 11.8 Å². The van der Waals surface area contributed by atoms with Crippen molar-refractivity contribution in [3.05, 3.63) is 77.9 Å². The van der Waals surface area contributed by atoms with Crippen LogP contribution in [0.25, 0.3) is 0 Å². The average Bonchev–Trinajstić information content (AvgIpc) is 2.90. The van der Waals surface area contributed by atoms with E-state index in [1.807, 2.05) is 0 Å². The van der Waals surface area contributed by atoms with Gasteiger partial charge in [0.25, 0.3) is 0 Å². The van der Waals surface area contributed by atoms with Gasteiger partial charge in [-0.3, -0.25) is 9.59 Å². The number of amides is 1. The molecule has 1 aliphatic rings. The maximum atomic E-state index is 12.7. The van der Waals surface area contributed by atoms with Crippen LogP contribution in [0.1, 0.15) is 20.7 Å². The number of hydrogen-bond donors (Lipinski definition) is 1.